The minimum Gasteiger partial charge on any atom is -0.508 e. The predicted molar refractivity (Wildman–Crippen MR) is 82.7 cm³/mol. The lowest BCUT2D eigenvalue weighted by Gasteiger charge is -2.25. The minimum atomic E-state index is -3.61. The first-order valence-corrected chi connectivity index (χ1v) is 7.33. The average molecular weight is 370 g/mol. The van der Waals surface area contributed by atoms with E-state index in [4.69, 9.17) is 0 Å². The number of phenols is 1. The number of halogens is 3. The maximum absolute atomic E-state index is 13.3. The summed E-state index contributed by atoms with van der Waals surface area (Å²) in [6, 6.07) is 15.0. The average Bonchev–Trinajstić information content (AvgIpc) is 2.48. The number of alkyl halides is 3. The maximum Gasteiger partial charge on any atom is 0.378 e. The Morgan fingerprint density at radius 2 is 1.50 bits per heavy atom. The normalized spacial score (nSPS) is 11.2. The van der Waals surface area contributed by atoms with Crippen LogP contribution < -0.4 is 0 Å². The van der Waals surface area contributed by atoms with Crippen LogP contribution in [0.3, 0.4) is 0 Å². The number of rotatable bonds is 5. The van der Waals surface area contributed by atoms with Crippen molar-refractivity contribution in [2.75, 3.05) is 0 Å². The molecular weight excluding hydrogens is 356 g/mol. The summed E-state index contributed by atoms with van der Waals surface area (Å²) in [6.45, 7) is 0.0942. The quantitative estimate of drug-likeness (QED) is 0.811. The molecule has 3 nitrogen and oxygen atoms in total. The van der Waals surface area contributed by atoms with Gasteiger partial charge in [-0.05, 0) is 23.3 Å². The third-order valence-electron chi connectivity index (χ3n) is 3.06. The molecule has 0 spiro atoms. The molecule has 0 unspecified atom stereocenters. The van der Waals surface area contributed by atoms with E-state index in [-0.39, 0.29) is 18.8 Å². The summed E-state index contributed by atoms with van der Waals surface area (Å²) >= 11 is 2.12. The van der Waals surface area contributed by atoms with Crippen molar-refractivity contribution in [3.8, 4) is 5.75 Å². The molecular formula is C16H14BrF2NO2. The maximum atomic E-state index is 13.3. The van der Waals surface area contributed by atoms with Crippen molar-refractivity contribution in [1.82, 2.24) is 4.90 Å². The lowest BCUT2D eigenvalue weighted by molar-refractivity contribution is -0.146. The Bertz CT molecular complexity index is 627. The molecule has 0 bridgehead atoms. The first-order chi connectivity index (χ1) is 10.4. The SMILES string of the molecule is O=C(N(Cc1ccccc1)Cc1ccc(O)cc1)C(F)(F)Br. The molecule has 0 fully saturated rings. The highest BCUT2D eigenvalue weighted by atomic mass is 79.9. The Kier molecular flexibility index (Phi) is 5.13. The largest absolute Gasteiger partial charge is 0.508 e. The van der Waals surface area contributed by atoms with Gasteiger partial charge in [0.25, 0.3) is 0 Å². The fourth-order valence-electron chi connectivity index (χ4n) is 2.00. The molecule has 0 radical (unpaired) electrons. The van der Waals surface area contributed by atoms with Gasteiger partial charge in [0.2, 0.25) is 0 Å². The fourth-order valence-corrected chi connectivity index (χ4v) is 2.26. The van der Waals surface area contributed by atoms with Gasteiger partial charge in [-0.25, -0.2) is 0 Å². The molecule has 1 N–H and O–H groups in total. The molecule has 0 saturated heterocycles. The van der Waals surface area contributed by atoms with E-state index in [2.05, 4.69) is 15.9 Å². The van der Waals surface area contributed by atoms with Crippen molar-refractivity contribution in [2.24, 2.45) is 0 Å². The van der Waals surface area contributed by atoms with Crippen LogP contribution in [0, 0.1) is 0 Å². The number of carbonyl (C=O) groups excluding carboxylic acids is 1. The molecule has 1 amide bonds. The van der Waals surface area contributed by atoms with Crippen LogP contribution in [0.15, 0.2) is 54.6 Å². The third-order valence-corrected chi connectivity index (χ3v) is 3.39. The predicted octanol–water partition coefficient (Wildman–Crippen LogP) is 3.91. The molecule has 0 aliphatic heterocycles. The van der Waals surface area contributed by atoms with E-state index in [0.29, 0.717) is 5.56 Å². The minimum absolute atomic E-state index is 0.0230. The van der Waals surface area contributed by atoms with Gasteiger partial charge in [0, 0.05) is 29.0 Å². The van der Waals surface area contributed by atoms with Gasteiger partial charge in [-0.2, -0.15) is 8.78 Å². The number of hydrogen-bond acceptors (Lipinski definition) is 2. The second kappa shape index (κ2) is 6.87. The van der Waals surface area contributed by atoms with Gasteiger partial charge in [0.05, 0.1) is 0 Å². The van der Waals surface area contributed by atoms with E-state index in [1.165, 1.54) is 12.1 Å². The Balaban J connectivity index is 2.21. The van der Waals surface area contributed by atoms with Crippen LogP contribution in [0.4, 0.5) is 8.78 Å². The zero-order chi connectivity index (χ0) is 16.2. The topological polar surface area (TPSA) is 40.5 Å². The Hall–Kier alpha value is -1.95. The van der Waals surface area contributed by atoms with Crippen LogP contribution in [-0.4, -0.2) is 20.7 Å². The van der Waals surface area contributed by atoms with Gasteiger partial charge in [0.15, 0.2) is 0 Å². The van der Waals surface area contributed by atoms with E-state index >= 15 is 0 Å². The van der Waals surface area contributed by atoms with Crippen LogP contribution >= 0.6 is 15.9 Å². The lowest BCUT2D eigenvalue weighted by Crippen LogP contribution is -2.39. The van der Waals surface area contributed by atoms with Gasteiger partial charge in [0.1, 0.15) is 5.75 Å². The van der Waals surface area contributed by atoms with Gasteiger partial charge >= 0.3 is 10.7 Å². The summed E-state index contributed by atoms with van der Waals surface area (Å²) < 4.78 is 26.6. The van der Waals surface area contributed by atoms with Crippen LogP contribution in [-0.2, 0) is 17.9 Å². The highest BCUT2D eigenvalue weighted by Crippen LogP contribution is 2.26. The molecule has 0 aliphatic rings. The molecule has 0 atom stereocenters. The van der Waals surface area contributed by atoms with Gasteiger partial charge < -0.3 is 10.0 Å². The fraction of sp³-hybridized carbons (Fsp3) is 0.188. The molecule has 6 heteroatoms. The summed E-state index contributed by atoms with van der Waals surface area (Å²) in [6.07, 6.45) is 0. The van der Waals surface area contributed by atoms with Crippen LogP contribution in [0.25, 0.3) is 0 Å². The van der Waals surface area contributed by atoms with E-state index in [0.717, 1.165) is 10.5 Å². The van der Waals surface area contributed by atoms with Crippen molar-refractivity contribution in [2.45, 2.75) is 17.9 Å². The number of amides is 1. The second-order valence-corrected chi connectivity index (χ2v) is 5.81. The van der Waals surface area contributed by atoms with Crippen LogP contribution in [0.1, 0.15) is 11.1 Å². The monoisotopic (exact) mass is 369 g/mol. The first kappa shape index (κ1) is 16.4. The molecule has 116 valence electrons. The van der Waals surface area contributed by atoms with Crippen LogP contribution in [0.2, 0.25) is 0 Å². The number of nitrogens with zero attached hydrogens (tertiary/aromatic N) is 1. The zero-order valence-electron chi connectivity index (χ0n) is 11.5. The van der Waals surface area contributed by atoms with E-state index < -0.39 is 10.7 Å². The number of aromatic hydroxyl groups is 1. The molecule has 0 aromatic heterocycles. The first-order valence-electron chi connectivity index (χ1n) is 6.54. The Morgan fingerprint density at radius 1 is 1.00 bits per heavy atom. The third kappa shape index (κ3) is 4.53. The molecule has 0 aliphatic carbocycles. The smallest absolute Gasteiger partial charge is 0.378 e. The highest BCUT2D eigenvalue weighted by Gasteiger charge is 2.39. The number of hydrogen-bond donors (Lipinski definition) is 1. The Labute approximate surface area is 135 Å². The molecule has 2 aromatic rings. The molecule has 2 rings (SSSR count). The summed E-state index contributed by atoms with van der Waals surface area (Å²) in [5, 5.41) is 9.26. The number of benzene rings is 2. The summed E-state index contributed by atoms with van der Waals surface area (Å²) in [7, 11) is 0. The summed E-state index contributed by atoms with van der Waals surface area (Å²) in [5.41, 5.74) is 1.41. The van der Waals surface area contributed by atoms with Gasteiger partial charge in [-0.3, -0.25) is 4.79 Å². The van der Waals surface area contributed by atoms with Crippen molar-refractivity contribution in [3.63, 3.8) is 0 Å². The molecule has 22 heavy (non-hydrogen) atoms. The van der Waals surface area contributed by atoms with E-state index in [1.54, 1.807) is 36.4 Å². The van der Waals surface area contributed by atoms with Crippen molar-refractivity contribution in [3.05, 3.63) is 65.7 Å². The van der Waals surface area contributed by atoms with E-state index in [1.807, 2.05) is 6.07 Å². The van der Waals surface area contributed by atoms with Crippen molar-refractivity contribution < 1.29 is 18.7 Å². The summed E-state index contributed by atoms with van der Waals surface area (Å²) in [5.74, 6) is -1.22. The summed E-state index contributed by atoms with van der Waals surface area (Å²) in [4.78, 5) is 9.37. The molecule has 0 saturated carbocycles. The van der Waals surface area contributed by atoms with E-state index in [9.17, 15) is 18.7 Å². The molecule has 0 heterocycles. The van der Waals surface area contributed by atoms with Crippen LogP contribution in [0.5, 0.6) is 5.75 Å². The van der Waals surface area contributed by atoms with Crippen molar-refractivity contribution in [1.29, 1.82) is 0 Å². The van der Waals surface area contributed by atoms with Gasteiger partial charge in [-0.1, -0.05) is 42.5 Å². The zero-order valence-corrected chi connectivity index (χ0v) is 13.1. The number of carbonyl (C=O) groups is 1. The standard InChI is InChI=1S/C16H14BrF2NO2/c17-16(18,19)15(22)20(10-12-4-2-1-3-5-12)11-13-6-8-14(21)9-7-13/h1-9,21H,10-11H2. The number of phenolic OH excluding ortho intramolecular Hbond substituents is 1. The van der Waals surface area contributed by atoms with Gasteiger partial charge in [-0.15, -0.1) is 0 Å². The Morgan fingerprint density at radius 3 is 2.00 bits per heavy atom. The van der Waals surface area contributed by atoms with Crippen molar-refractivity contribution >= 4 is 21.8 Å². The highest BCUT2D eigenvalue weighted by molar-refractivity contribution is 9.10. The molecule has 2 aromatic carbocycles. The lowest BCUT2D eigenvalue weighted by atomic mass is 10.1. The second-order valence-electron chi connectivity index (χ2n) is 4.81.